The summed E-state index contributed by atoms with van der Waals surface area (Å²) in [4.78, 5) is 12.4. The molecule has 0 saturated heterocycles. The Morgan fingerprint density at radius 2 is 1.36 bits per heavy atom. The van der Waals surface area contributed by atoms with Crippen molar-refractivity contribution >= 4 is 5.78 Å². The molecular weight excluding hydrogens is 347 g/mol. The topological polar surface area (TPSA) is 17.1 Å². The van der Waals surface area contributed by atoms with E-state index in [1.54, 1.807) is 6.07 Å². The highest BCUT2D eigenvalue weighted by Gasteiger charge is 2.22. The van der Waals surface area contributed by atoms with Crippen LogP contribution in [0.3, 0.4) is 0 Å². The third kappa shape index (κ3) is 4.39. The number of hydrogen-bond donors (Lipinski definition) is 0. The van der Waals surface area contributed by atoms with Gasteiger partial charge in [0, 0.05) is 16.5 Å². The van der Waals surface area contributed by atoms with E-state index < -0.39 is 0 Å². The molecule has 0 aliphatic rings. The summed E-state index contributed by atoms with van der Waals surface area (Å²) in [5.41, 5.74) is 4.94. The first-order valence-corrected chi connectivity index (χ1v) is 9.83. The summed E-state index contributed by atoms with van der Waals surface area (Å²) in [6.07, 6.45) is 1.90. The summed E-state index contributed by atoms with van der Waals surface area (Å²) in [6.45, 7) is 7.87. The molecule has 2 heteroatoms. The minimum absolute atomic E-state index is 0.136. The van der Waals surface area contributed by atoms with Crippen molar-refractivity contribution in [2.45, 2.75) is 40.5 Å². The molecule has 0 radical (unpaired) electrons. The number of halogens is 1. The van der Waals surface area contributed by atoms with Gasteiger partial charge in [0.1, 0.15) is 5.82 Å². The fraction of sp³-hybridized carbons (Fsp3) is 0.269. The highest BCUT2D eigenvalue weighted by Crippen LogP contribution is 2.28. The maximum atomic E-state index is 14.5. The van der Waals surface area contributed by atoms with Crippen LogP contribution in [0.2, 0.25) is 0 Å². The maximum Gasteiger partial charge on any atom is 0.168 e. The third-order valence-corrected chi connectivity index (χ3v) is 4.93. The van der Waals surface area contributed by atoms with E-state index in [1.165, 1.54) is 0 Å². The van der Waals surface area contributed by atoms with Gasteiger partial charge in [-0.1, -0.05) is 94.8 Å². The normalized spacial score (nSPS) is 11.5. The third-order valence-electron chi connectivity index (χ3n) is 4.93. The average Bonchev–Trinajstić information content (AvgIpc) is 2.67. The predicted molar refractivity (Wildman–Crippen MR) is 115 cm³/mol. The van der Waals surface area contributed by atoms with Gasteiger partial charge in [-0.2, -0.15) is 0 Å². The van der Waals surface area contributed by atoms with Crippen molar-refractivity contribution in [1.82, 2.24) is 0 Å². The van der Waals surface area contributed by atoms with Crippen LogP contribution in [0.25, 0.3) is 22.3 Å². The molecule has 3 rings (SSSR count). The summed E-state index contributed by atoms with van der Waals surface area (Å²) < 4.78 is 14.5. The Hall–Kier alpha value is -2.74. The number of hydrogen-bond acceptors (Lipinski definition) is 1. The van der Waals surface area contributed by atoms with Gasteiger partial charge >= 0.3 is 0 Å². The molecule has 0 aliphatic carbocycles. The summed E-state index contributed by atoms with van der Waals surface area (Å²) in [6, 6.07) is 21.1. The minimum atomic E-state index is -0.389. The van der Waals surface area contributed by atoms with Crippen molar-refractivity contribution in [2.24, 2.45) is 5.41 Å². The number of ketones is 1. The van der Waals surface area contributed by atoms with Crippen LogP contribution in [-0.4, -0.2) is 5.78 Å². The van der Waals surface area contributed by atoms with E-state index in [9.17, 15) is 9.18 Å². The zero-order valence-corrected chi connectivity index (χ0v) is 17.1. The minimum Gasteiger partial charge on any atom is -0.294 e. The smallest absolute Gasteiger partial charge is 0.168 e. The van der Waals surface area contributed by atoms with E-state index in [4.69, 9.17) is 0 Å². The lowest BCUT2D eigenvalue weighted by Crippen LogP contribution is -2.19. The van der Waals surface area contributed by atoms with Crippen LogP contribution in [0, 0.1) is 11.2 Å². The number of carbonyl (C=O) groups is 1. The summed E-state index contributed by atoms with van der Waals surface area (Å²) >= 11 is 0. The molecule has 1 nitrogen and oxygen atoms in total. The van der Waals surface area contributed by atoms with Crippen LogP contribution < -0.4 is 0 Å². The molecule has 0 N–H and O–H groups in total. The Morgan fingerprint density at radius 3 is 1.86 bits per heavy atom. The van der Waals surface area contributed by atoms with Crippen LogP contribution in [0.5, 0.6) is 0 Å². The summed E-state index contributed by atoms with van der Waals surface area (Å²) in [5, 5.41) is 0. The fourth-order valence-electron chi connectivity index (χ4n) is 3.33. The molecular formula is C26H27FO. The molecule has 144 valence electrons. The van der Waals surface area contributed by atoms with Gasteiger partial charge in [0.25, 0.3) is 0 Å². The number of rotatable bonds is 5. The monoisotopic (exact) mass is 374 g/mol. The van der Waals surface area contributed by atoms with Crippen molar-refractivity contribution in [3.8, 4) is 22.3 Å². The second-order valence-corrected chi connectivity index (χ2v) is 8.30. The molecule has 0 saturated carbocycles. The molecule has 0 atom stereocenters. The molecule has 0 bridgehead atoms. The number of carbonyl (C=O) groups excluding carboxylic acids is 1. The van der Waals surface area contributed by atoms with E-state index in [0.29, 0.717) is 5.56 Å². The van der Waals surface area contributed by atoms with Gasteiger partial charge in [-0.3, -0.25) is 4.79 Å². The fourth-order valence-corrected chi connectivity index (χ4v) is 3.33. The Bertz CT molecular complexity index is 961. The van der Waals surface area contributed by atoms with Crippen molar-refractivity contribution < 1.29 is 9.18 Å². The van der Waals surface area contributed by atoms with E-state index >= 15 is 0 Å². The lowest BCUT2D eigenvalue weighted by Gasteiger charge is -2.16. The maximum absolute atomic E-state index is 14.5. The Morgan fingerprint density at radius 1 is 0.821 bits per heavy atom. The molecule has 28 heavy (non-hydrogen) atoms. The molecule has 0 aliphatic heterocycles. The average molecular weight is 374 g/mol. The highest BCUT2D eigenvalue weighted by molar-refractivity contribution is 6.00. The summed E-state index contributed by atoms with van der Waals surface area (Å²) in [5.74, 6) is -0.0415. The highest BCUT2D eigenvalue weighted by atomic mass is 19.1. The van der Waals surface area contributed by atoms with Gasteiger partial charge in [-0.25, -0.2) is 4.39 Å². The molecule has 0 spiro atoms. The Balaban J connectivity index is 1.82. The van der Waals surface area contributed by atoms with Crippen LogP contribution in [0.1, 0.15) is 50.0 Å². The lowest BCUT2D eigenvalue weighted by molar-refractivity contribution is 0.0858. The lowest BCUT2D eigenvalue weighted by atomic mass is 9.86. The largest absolute Gasteiger partial charge is 0.294 e. The van der Waals surface area contributed by atoms with Crippen molar-refractivity contribution in [3.63, 3.8) is 0 Å². The van der Waals surface area contributed by atoms with Crippen LogP contribution in [-0.2, 0) is 6.42 Å². The first kappa shape index (κ1) is 20.0. The first-order valence-electron chi connectivity index (χ1n) is 9.83. The molecule has 0 fully saturated rings. The van der Waals surface area contributed by atoms with Crippen molar-refractivity contribution in [1.29, 1.82) is 0 Å². The van der Waals surface area contributed by atoms with Crippen molar-refractivity contribution in [2.75, 3.05) is 0 Å². The zero-order valence-electron chi connectivity index (χ0n) is 17.1. The van der Waals surface area contributed by atoms with Gasteiger partial charge in [0.05, 0.1) is 0 Å². The zero-order chi connectivity index (χ0) is 20.3. The van der Waals surface area contributed by atoms with Gasteiger partial charge in [-0.05, 0) is 34.7 Å². The van der Waals surface area contributed by atoms with Gasteiger partial charge in [-0.15, -0.1) is 0 Å². The van der Waals surface area contributed by atoms with Crippen LogP contribution in [0.15, 0.2) is 66.7 Å². The quantitative estimate of drug-likeness (QED) is 0.427. The standard InChI is InChI=1S/C26H27FO/c1-5-6-18-7-16-23(24(27)17-18)21-12-8-19(9-13-21)20-10-14-22(15-11-20)25(28)26(2,3)4/h7-17H,5-6H2,1-4H3. The van der Waals surface area contributed by atoms with Crippen LogP contribution >= 0.6 is 0 Å². The Kier molecular flexibility index (Phi) is 5.79. The van der Waals surface area contributed by atoms with E-state index in [1.807, 2.05) is 81.4 Å². The second kappa shape index (κ2) is 8.10. The molecule has 3 aromatic carbocycles. The van der Waals surface area contributed by atoms with E-state index in [-0.39, 0.29) is 17.0 Å². The number of benzene rings is 3. The summed E-state index contributed by atoms with van der Waals surface area (Å²) in [7, 11) is 0. The Labute approximate surface area is 167 Å². The molecule has 0 unspecified atom stereocenters. The van der Waals surface area contributed by atoms with E-state index in [2.05, 4.69) is 6.92 Å². The number of aryl methyl sites for hydroxylation is 1. The van der Waals surface area contributed by atoms with Crippen LogP contribution in [0.4, 0.5) is 4.39 Å². The SMILES string of the molecule is CCCc1ccc(-c2ccc(-c3ccc(C(=O)C(C)(C)C)cc3)cc2)c(F)c1. The van der Waals surface area contributed by atoms with Gasteiger partial charge in [0.15, 0.2) is 5.78 Å². The van der Waals surface area contributed by atoms with E-state index in [0.717, 1.165) is 40.7 Å². The molecule has 0 heterocycles. The predicted octanol–water partition coefficient (Wildman–Crippen LogP) is 7.34. The van der Waals surface area contributed by atoms with Gasteiger partial charge in [0.2, 0.25) is 0 Å². The molecule has 0 aromatic heterocycles. The molecule has 0 amide bonds. The first-order chi connectivity index (χ1) is 13.3. The van der Waals surface area contributed by atoms with Crippen molar-refractivity contribution in [3.05, 3.63) is 83.7 Å². The van der Waals surface area contributed by atoms with Gasteiger partial charge < -0.3 is 0 Å². The number of Topliss-reactive ketones (excluding diaryl/α,β-unsaturated/α-hetero) is 1. The molecule has 3 aromatic rings. The second-order valence-electron chi connectivity index (χ2n) is 8.30.